The van der Waals surface area contributed by atoms with Gasteiger partial charge in [0.1, 0.15) is 0 Å². The van der Waals surface area contributed by atoms with Gasteiger partial charge >= 0.3 is 6.18 Å². The molecule has 0 radical (unpaired) electrons. The lowest BCUT2D eigenvalue weighted by Gasteiger charge is -2.05. The second-order valence-corrected chi connectivity index (χ2v) is 10.9. The lowest BCUT2D eigenvalue weighted by Crippen LogP contribution is -2.05. The summed E-state index contributed by atoms with van der Waals surface area (Å²) in [7, 11) is 0. The lowest BCUT2D eigenvalue weighted by molar-refractivity contribution is -0.137. The average Bonchev–Trinajstić information content (AvgIpc) is 3.30. The number of hydrogen-bond acceptors (Lipinski definition) is 4. The maximum Gasteiger partial charge on any atom is 0.417 e. The van der Waals surface area contributed by atoms with Gasteiger partial charge in [-0.05, 0) is 63.6 Å². The van der Waals surface area contributed by atoms with E-state index in [1.807, 2.05) is 0 Å². The molecule has 7 heteroatoms. The second kappa shape index (κ2) is 7.38. The molecule has 0 saturated heterocycles. The standard InChI is InChI=1S/C22H18F3NS3/c1-11-7-16(13(3)27-11)18-9-20(19-6-5-15(10-26-19)22(23,24)25)29-21(18)17-8-12(2)28-14(17)4/h5-10H,1-4H3. The van der Waals surface area contributed by atoms with Gasteiger partial charge in [-0.25, -0.2) is 0 Å². The number of aryl methyl sites for hydroxylation is 4. The fourth-order valence-corrected chi connectivity index (χ4v) is 6.54. The molecule has 4 rings (SSSR count). The number of thiophene rings is 3. The molecule has 0 aliphatic heterocycles. The van der Waals surface area contributed by atoms with Gasteiger partial charge in [-0.1, -0.05) is 0 Å². The summed E-state index contributed by atoms with van der Waals surface area (Å²) in [6.07, 6.45) is -3.47. The quantitative estimate of drug-likeness (QED) is 0.305. The maximum atomic E-state index is 12.9. The molecular formula is C22H18F3NS3. The van der Waals surface area contributed by atoms with Gasteiger partial charge in [-0.15, -0.1) is 34.0 Å². The lowest BCUT2D eigenvalue weighted by atomic mass is 10.0. The number of nitrogens with zero attached hydrogens (tertiary/aromatic N) is 1. The number of alkyl halides is 3. The molecule has 0 aromatic carbocycles. The van der Waals surface area contributed by atoms with Crippen molar-refractivity contribution in [3.63, 3.8) is 0 Å². The summed E-state index contributed by atoms with van der Waals surface area (Å²) in [5.41, 5.74) is 3.32. The first-order valence-electron chi connectivity index (χ1n) is 8.95. The van der Waals surface area contributed by atoms with E-state index in [4.69, 9.17) is 0 Å². The zero-order valence-electron chi connectivity index (χ0n) is 16.3. The molecular weight excluding hydrogens is 431 g/mol. The van der Waals surface area contributed by atoms with Crippen LogP contribution in [0.15, 0.2) is 36.5 Å². The Morgan fingerprint density at radius 3 is 1.86 bits per heavy atom. The average molecular weight is 450 g/mol. The second-order valence-electron chi connectivity index (χ2n) is 6.94. The Kier molecular flexibility index (Phi) is 5.17. The fourth-order valence-electron chi connectivity index (χ4n) is 3.38. The van der Waals surface area contributed by atoms with Gasteiger partial charge in [0.15, 0.2) is 0 Å². The Labute approximate surface area is 179 Å². The van der Waals surface area contributed by atoms with Crippen LogP contribution in [-0.2, 0) is 6.18 Å². The predicted molar refractivity (Wildman–Crippen MR) is 118 cm³/mol. The largest absolute Gasteiger partial charge is 0.417 e. The van der Waals surface area contributed by atoms with Gasteiger partial charge < -0.3 is 0 Å². The van der Waals surface area contributed by atoms with Gasteiger partial charge in [-0.3, -0.25) is 4.98 Å². The molecule has 0 spiro atoms. The number of rotatable bonds is 3. The molecule has 0 bridgehead atoms. The van der Waals surface area contributed by atoms with E-state index < -0.39 is 11.7 Å². The van der Waals surface area contributed by atoms with E-state index in [9.17, 15) is 13.2 Å². The molecule has 0 aliphatic carbocycles. The molecule has 150 valence electrons. The minimum atomic E-state index is -4.38. The molecule has 0 aliphatic rings. The van der Waals surface area contributed by atoms with Crippen LogP contribution in [0.25, 0.3) is 32.1 Å². The molecule has 4 heterocycles. The van der Waals surface area contributed by atoms with Crippen molar-refractivity contribution < 1.29 is 13.2 Å². The van der Waals surface area contributed by atoms with E-state index in [-0.39, 0.29) is 0 Å². The smallest absolute Gasteiger partial charge is 0.255 e. The van der Waals surface area contributed by atoms with Crippen molar-refractivity contribution >= 4 is 34.0 Å². The summed E-state index contributed by atoms with van der Waals surface area (Å²) in [6.45, 7) is 8.40. The number of aromatic nitrogens is 1. The highest BCUT2D eigenvalue weighted by Crippen LogP contribution is 2.47. The highest BCUT2D eigenvalue weighted by molar-refractivity contribution is 7.20. The van der Waals surface area contributed by atoms with Gasteiger partial charge in [0.25, 0.3) is 0 Å². The minimum Gasteiger partial charge on any atom is -0.255 e. The van der Waals surface area contributed by atoms with Crippen LogP contribution < -0.4 is 0 Å². The fraction of sp³-hybridized carbons (Fsp3) is 0.227. The molecule has 0 unspecified atom stereocenters. The summed E-state index contributed by atoms with van der Waals surface area (Å²) in [5, 5.41) is 0. The summed E-state index contributed by atoms with van der Waals surface area (Å²) in [5.74, 6) is 0. The van der Waals surface area contributed by atoms with Gasteiger partial charge in [0.05, 0.1) is 16.1 Å². The van der Waals surface area contributed by atoms with Crippen LogP contribution in [-0.4, -0.2) is 4.98 Å². The maximum absolute atomic E-state index is 12.9. The van der Waals surface area contributed by atoms with Crippen LogP contribution in [0, 0.1) is 27.7 Å². The molecule has 4 aromatic rings. The zero-order chi connectivity index (χ0) is 20.9. The SMILES string of the molecule is Cc1cc(-c2cc(-c3ccc(C(F)(F)F)cn3)sc2-c2cc(C)sc2C)c(C)s1. The van der Waals surface area contributed by atoms with Crippen molar-refractivity contribution in [2.45, 2.75) is 33.9 Å². The van der Waals surface area contributed by atoms with Crippen molar-refractivity contribution in [2.24, 2.45) is 0 Å². The number of hydrogen-bond donors (Lipinski definition) is 0. The number of halogens is 3. The molecule has 0 fully saturated rings. The Hall–Kier alpha value is -1.96. The molecule has 0 N–H and O–H groups in total. The minimum absolute atomic E-state index is 0.560. The van der Waals surface area contributed by atoms with Crippen molar-refractivity contribution in [3.8, 4) is 32.1 Å². The van der Waals surface area contributed by atoms with Crippen LogP contribution in [0.5, 0.6) is 0 Å². The first-order chi connectivity index (χ1) is 13.6. The molecule has 0 saturated carbocycles. The van der Waals surface area contributed by atoms with Crippen LogP contribution >= 0.6 is 34.0 Å². The van der Waals surface area contributed by atoms with Crippen LogP contribution in [0.1, 0.15) is 25.1 Å². The van der Waals surface area contributed by atoms with Gasteiger partial charge in [-0.2, -0.15) is 13.2 Å². The van der Waals surface area contributed by atoms with Crippen molar-refractivity contribution in [3.05, 3.63) is 61.6 Å². The summed E-state index contributed by atoms with van der Waals surface area (Å²) >= 11 is 5.10. The number of pyridine rings is 1. The molecule has 29 heavy (non-hydrogen) atoms. The predicted octanol–water partition coefficient (Wildman–Crippen LogP) is 8.52. The molecule has 4 aromatic heterocycles. The van der Waals surface area contributed by atoms with Crippen molar-refractivity contribution in [2.75, 3.05) is 0 Å². The third-order valence-corrected chi connectivity index (χ3v) is 7.81. The molecule has 1 nitrogen and oxygen atoms in total. The highest BCUT2D eigenvalue weighted by Gasteiger charge is 2.31. The van der Waals surface area contributed by atoms with Gasteiger partial charge in [0.2, 0.25) is 0 Å². The van der Waals surface area contributed by atoms with Crippen LogP contribution in [0.4, 0.5) is 13.2 Å². The van der Waals surface area contributed by atoms with E-state index in [1.165, 1.54) is 36.7 Å². The molecule has 0 amide bonds. The third-order valence-electron chi connectivity index (χ3n) is 4.69. The zero-order valence-corrected chi connectivity index (χ0v) is 18.7. The first kappa shape index (κ1) is 20.3. The van der Waals surface area contributed by atoms with Gasteiger partial charge in [0, 0.05) is 41.7 Å². The van der Waals surface area contributed by atoms with Crippen molar-refractivity contribution in [1.82, 2.24) is 4.98 Å². The Bertz CT molecular complexity index is 1110. The Morgan fingerprint density at radius 2 is 1.38 bits per heavy atom. The normalized spacial score (nSPS) is 12.0. The van der Waals surface area contributed by atoms with Crippen LogP contribution in [0.3, 0.4) is 0 Å². The summed E-state index contributed by atoms with van der Waals surface area (Å²) < 4.78 is 38.7. The van der Waals surface area contributed by atoms with E-state index >= 15 is 0 Å². The molecule has 0 atom stereocenters. The third kappa shape index (κ3) is 3.91. The van der Waals surface area contributed by atoms with Crippen LogP contribution in [0.2, 0.25) is 0 Å². The van der Waals surface area contributed by atoms with E-state index in [1.54, 1.807) is 34.0 Å². The summed E-state index contributed by atoms with van der Waals surface area (Å²) in [4.78, 5) is 11.1. The highest BCUT2D eigenvalue weighted by atomic mass is 32.1. The van der Waals surface area contributed by atoms with E-state index in [2.05, 4.69) is 50.9 Å². The first-order valence-corrected chi connectivity index (χ1v) is 11.4. The Morgan fingerprint density at radius 1 is 0.759 bits per heavy atom. The monoisotopic (exact) mass is 449 g/mol. The topological polar surface area (TPSA) is 12.9 Å². The van der Waals surface area contributed by atoms with Crippen molar-refractivity contribution in [1.29, 1.82) is 0 Å². The van der Waals surface area contributed by atoms with E-state index in [0.717, 1.165) is 27.6 Å². The summed E-state index contributed by atoms with van der Waals surface area (Å²) in [6, 6.07) is 9.00. The van der Waals surface area contributed by atoms with E-state index in [0.29, 0.717) is 5.69 Å². The Balaban J connectivity index is 1.88.